The van der Waals surface area contributed by atoms with Gasteiger partial charge in [-0.3, -0.25) is 0 Å². The molecule has 0 aromatic heterocycles. The van der Waals surface area contributed by atoms with Crippen molar-refractivity contribution in [2.24, 2.45) is 0 Å². The minimum atomic E-state index is -0.956. The summed E-state index contributed by atoms with van der Waals surface area (Å²) in [6.45, 7) is 0. The van der Waals surface area contributed by atoms with Gasteiger partial charge in [0.05, 0.1) is 5.56 Å². The lowest BCUT2D eigenvalue weighted by molar-refractivity contribution is 0.0696. The van der Waals surface area contributed by atoms with Crippen molar-refractivity contribution in [3.05, 3.63) is 29.8 Å². The summed E-state index contributed by atoms with van der Waals surface area (Å²) >= 11 is 0. The minimum Gasteiger partial charge on any atom is -0.478 e. The summed E-state index contributed by atoms with van der Waals surface area (Å²) in [7, 11) is 1.74. The molecule has 0 aliphatic heterocycles. The van der Waals surface area contributed by atoms with Crippen molar-refractivity contribution >= 4 is 11.7 Å². The van der Waals surface area contributed by atoms with Crippen molar-refractivity contribution in [1.29, 1.82) is 0 Å². The molecule has 11 heavy (non-hydrogen) atoms. The number of anilines is 1. The molecule has 2 N–H and O–H groups in total. The van der Waals surface area contributed by atoms with Crippen LogP contribution in [-0.4, -0.2) is 18.1 Å². The topological polar surface area (TPSA) is 49.3 Å². The first-order valence-corrected chi connectivity index (χ1v) is 3.17. The average molecular weight is 150 g/mol. The maximum Gasteiger partial charge on any atom is 0.336 e. The molecule has 0 aliphatic carbocycles. The molecule has 3 nitrogen and oxygen atoms in total. The monoisotopic (exact) mass is 150 g/mol. The number of hydrogen-bond donors (Lipinski definition) is 2. The molecule has 1 radical (unpaired) electrons. The minimum absolute atomic E-state index is 0.178. The highest BCUT2D eigenvalue weighted by molar-refractivity contribution is 5.88. The number of nitrogens with one attached hydrogen (secondary N) is 1. The lowest BCUT2D eigenvalue weighted by atomic mass is 10.2. The molecule has 0 fully saturated rings. The van der Waals surface area contributed by atoms with Crippen LogP contribution < -0.4 is 5.32 Å². The quantitative estimate of drug-likeness (QED) is 0.666. The van der Waals surface area contributed by atoms with Gasteiger partial charge in [-0.05, 0) is 18.2 Å². The van der Waals surface area contributed by atoms with Crippen molar-refractivity contribution < 1.29 is 9.90 Å². The molecular formula is C8H8NO2. The molecule has 0 bridgehead atoms. The number of aromatic carboxylic acids is 1. The van der Waals surface area contributed by atoms with Crippen LogP contribution in [-0.2, 0) is 0 Å². The zero-order valence-corrected chi connectivity index (χ0v) is 6.09. The van der Waals surface area contributed by atoms with Crippen LogP contribution in [0.5, 0.6) is 0 Å². The number of carboxylic acids is 1. The molecule has 1 aromatic carbocycles. The van der Waals surface area contributed by atoms with Crippen molar-refractivity contribution in [3.63, 3.8) is 0 Å². The second kappa shape index (κ2) is 3.05. The standard InChI is InChI=1S/C8H8NO2/c1-9-7-4-2-3-6(5-7)8(10)11/h2,4-5,9H,1H3,(H,10,11). The molecule has 0 unspecified atom stereocenters. The second-order valence-corrected chi connectivity index (χ2v) is 2.05. The van der Waals surface area contributed by atoms with Gasteiger partial charge in [0.1, 0.15) is 0 Å². The van der Waals surface area contributed by atoms with Crippen LogP contribution in [0.3, 0.4) is 0 Å². The SMILES string of the molecule is CNc1cc[c]c(C(=O)O)c1. The van der Waals surface area contributed by atoms with E-state index >= 15 is 0 Å². The van der Waals surface area contributed by atoms with E-state index in [2.05, 4.69) is 11.4 Å². The summed E-state index contributed by atoms with van der Waals surface area (Å²) in [5.74, 6) is -0.956. The molecule has 0 atom stereocenters. The first-order chi connectivity index (χ1) is 5.24. The second-order valence-electron chi connectivity index (χ2n) is 2.05. The van der Waals surface area contributed by atoms with Gasteiger partial charge in [0, 0.05) is 12.7 Å². The van der Waals surface area contributed by atoms with E-state index in [1.54, 1.807) is 19.2 Å². The maximum absolute atomic E-state index is 10.4. The molecule has 0 saturated carbocycles. The van der Waals surface area contributed by atoms with Crippen LogP contribution in [0.15, 0.2) is 18.2 Å². The third kappa shape index (κ3) is 1.70. The molecule has 0 aliphatic rings. The Bertz CT molecular complexity index is 271. The van der Waals surface area contributed by atoms with Gasteiger partial charge in [0.15, 0.2) is 0 Å². The molecule has 0 saturated heterocycles. The van der Waals surface area contributed by atoms with Gasteiger partial charge in [-0.25, -0.2) is 4.79 Å². The highest BCUT2D eigenvalue weighted by Crippen LogP contribution is 2.08. The Morgan fingerprint density at radius 3 is 3.00 bits per heavy atom. The van der Waals surface area contributed by atoms with E-state index in [0.29, 0.717) is 0 Å². The predicted molar refractivity (Wildman–Crippen MR) is 41.8 cm³/mol. The van der Waals surface area contributed by atoms with Crippen molar-refractivity contribution in [2.45, 2.75) is 0 Å². The number of carboxylic acid groups (broad SMARTS) is 1. The predicted octanol–water partition coefficient (Wildman–Crippen LogP) is 1.23. The van der Waals surface area contributed by atoms with E-state index in [9.17, 15) is 4.79 Å². The summed E-state index contributed by atoms with van der Waals surface area (Å²) < 4.78 is 0. The van der Waals surface area contributed by atoms with Crippen LogP contribution >= 0.6 is 0 Å². The Hall–Kier alpha value is -1.51. The fourth-order valence-corrected chi connectivity index (χ4v) is 0.745. The largest absolute Gasteiger partial charge is 0.478 e. The maximum atomic E-state index is 10.4. The third-order valence-electron chi connectivity index (χ3n) is 1.32. The smallest absolute Gasteiger partial charge is 0.336 e. The van der Waals surface area contributed by atoms with Gasteiger partial charge >= 0.3 is 5.97 Å². The summed E-state index contributed by atoms with van der Waals surface area (Å²) in [4.78, 5) is 10.4. The van der Waals surface area contributed by atoms with Gasteiger partial charge in [-0.15, -0.1) is 0 Å². The Morgan fingerprint density at radius 2 is 2.45 bits per heavy atom. The van der Waals surface area contributed by atoms with Crippen LogP contribution in [0, 0.1) is 6.07 Å². The molecular weight excluding hydrogens is 142 g/mol. The highest BCUT2D eigenvalue weighted by Gasteiger charge is 2.01. The molecule has 3 heteroatoms. The van der Waals surface area contributed by atoms with Crippen LogP contribution in [0.2, 0.25) is 0 Å². The Labute approximate surface area is 64.7 Å². The highest BCUT2D eigenvalue weighted by atomic mass is 16.4. The third-order valence-corrected chi connectivity index (χ3v) is 1.32. The zero-order valence-electron chi connectivity index (χ0n) is 6.09. The molecule has 0 amide bonds. The zero-order chi connectivity index (χ0) is 8.27. The number of benzene rings is 1. The Morgan fingerprint density at radius 1 is 1.73 bits per heavy atom. The normalized spacial score (nSPS) is 9.18. The van der Waals surface area contributed by atoms with Crippen molar-refractivity contribution in [1.82, 2.24) is 0 Å². The van der Waals surface area contributed by atoms with Gasteiger partial charge in [0.2, 0.25) is 0 Å². The van der Waals surface area contributed by atoms with E-state index in [1.165, 1.54) is 6.07 Å². The van der Waals surface area contributed by atoms with Crippen molar-refractivity contribution in [3.8, 4) is 0 Å². The average Bonchev–Trinajstić information content (AvgIpc) is 2.05. The van der Waals surface area contributed by atoms with Crippen molar-refractivity contribution in [2.75, 3.05) is 12.4 Å². The molecule has 57 valence electrons. The van der Waals surface area contributed by atoms with E-state index in [0.717, 1.165) is 5.69 Å². The fourth-order valence-electron chi connectivity index (χ4n) is 0.745. The van der Waals surface area contributed by atoms with E-state index in [1.807, 2.05) is 0 Å². The first-order valence-electron chi connectivity index (χ1n) is 3.17. The van der Waals surface area contributed by atoms with Crippen LogP contribution in [0.25, 0.3) is 0 Å². The first kappa shape index (κ1) is 7.60. The summed E-state index contributed by atoms with van der Waals surface area (Å²) in [6.07, 6.45) is 0. The summed E-state index contributed by atoms with van der Waals surface area (Å²) in [6, 6.07) is 7.47. The van der Waals surface area contributed by atoms with Crippen LogP contribution in [0.1, 0.15) is 10.4 Å². The van der Waals surface area contributed by atoms with Gasteiger partial charge in [0.25, 0.3) is 0 Å². The van der Waals surface area contributed by atoms with E-state index in [4.69, 9.17) is 5.11 Å². The van der Waals surface area contributed by atoms with Gasteiger partial charge in [-0.1, -0.05) is 6.07 Å². The molecule has 1 aromatic rings. The number of carbonyl (C=O) groups is 1. The molecule has 0 heterocycles. The lowest BCUT2D eigenvalue weighted by Gasteiger charge is -1.98. The lowest BCUT2D eigenvalue weighted by Crippen LogP contribution is -1.97. The fraction of sp³-hybridized carbons (Fsp3) is 0.125. The van der Waals surface area contributed by atoms with E-state index in [-0.39, 0.29) is 5.56 Å². The molecule has 1 rings (SSSR count). The van der Waals surface area contributed by atoms with Crippen LogP contribution in [0.4, 0.5) is 5.69 Å². The summed E-state index contributed by atoms with van der Waals surface area (Å²) in [5, 5.41) is 11.4. The summed E-state index contributed by atoms with van der Waals surface area (Å²) in [5.41, 5.74) is 0.956. The number of rotatable bonds is 2. The Kier molecular flexibility index (Phi) is 2.11. The van der Waals surface area contributed by atoms with Gasteiger partial charge < -0.3 is 10.4 Å². The molecule has 0 spiro atoms. The number of hydrogen-bond acceptors (Lipinski definition) is 2. The Balaban J connectivity index is 3.01. The van der Waals surface area contributed by atoms with Gasteiger partial charge in [-0.2, -0.15) is 0 Å². The van der Waals surface area contributed by atoms with E-state index < -0.39 is 5.97 Å².